The molecule has 0 rings (SSSR count). The molecule has 0 aliphatic heterocycles. The number of ether oxygens (including phenoxy) is 1. The van der Waals surface area contributed by atoms with Gasteiger partial charge in [0.1, 0.15) is 6.04 Å². The highest BCUT2D eigenvalue weighted by Gasteiger charge is 2.17. The molecule has 0 aliphatic rings. The Morgan fingerprint density at radius 3 is 3.00 bits per heavy atom. The van der Waals surface area contributed by atoms with Crippen LogP contribution in [0.1, 0.15) is 12.8 Å². The van der Waals surface area contributed by atoms with E-state index in [9.17, 15) is 4.79 Å². The molecule has 0 aliphatic carbocycles. The summed E-state index contributed by atoms with van der Waals surface area (Å²) in [6.45, 7) is 1.09. The predicted molar refractivity (Wildman–Crippen MR) is 65.4 cm³/mol. The molecule has 0 saturated carbocycles. The molecule has 0 amide bonds. The van der Waals surface area contributed by atoms with Gasteiger partial charge in [-0.15, -0.1) is 0 Å². The summed E-state index contributed by atoms with van der Waals surface area (Å²) in [4.78, 5) is 14.0. The van der Waals surface area contributed by atoms with Gasteiger partial charge in [0, 0.05) is 11.5 Å². The summed E-state index contributed by atoms with van der Waals surface area (Å²) in [5.41, 5.74) is 8.08. The normalized spacial score (nSPS) is 11.6. The van der Waals surface area contributed by atoms with E-state index in [0.29, 0.717) is 13.1 Å². The van der Waals surface area contributed by atoms with Gasteiger partial charge in [-0.05, 0) is 36.9 Å². The summed E-state index contributed by atoms with van der Waals surface area (Å²) in [6.07, 6.45) is 3.46. The van der Waals surface area contributed by atoms with Gasteiger partial charge in [-0.25, -0.2) is 0 Å². The molecule has 0 spiro atoms. The maximum absolute atomic E-state index is 11.4. The van der Waals surface area contributed by atoms with Crippen LogP contribution in [0.4, 0.5) is 0 Å². The molecule has 0 aromatic rings. The van der Waals surface area contributed by atoms with Crippen molar-refractivity contribution in [2.75, 3.05) is 32.2 Å². The van der Waals surface area contributed by atoms with E-state index in [1.54, 1.807) is 11.8 Å². The van der Waals surface area contributed by atoms with Gasteiger partial charge in [0.2, 0.25) is 0 Å². The third kappa shape index (κ3) is 7.39. The first-order valence-corrected chi connectivity index (χ1v) is 6.46. The minimum atomic E-state index is -0.261. The molecule has 0 radical (unpaired) electrons. The van der Waals surface area contributed by atoms with Crippen LogP contribution >= 0.6 is 11.8 Å². The van der Waals surface area contributed by atoms with E-state index in [1.165, 1.54) is 7.11 Å². The number of thioether (sulfide) groups is 1. The van der Waals surface area contributed by atoms with Crippen LogP contribution < -0.4 is 5.32 Å². The Hall–Kier alpha value is -0.910. The van der Waals surface area contributed by atoms with Gasteiger partial charge in [0.05, 0.1) is 7.11 Å². The average molecular weight is 246 g/mol. The summed E-state index contributed by atoms with van der Waals surface area (Å²) in [5, 5.41) is 6.51. The zero-order valence-electron chi connectivity index (χ0n) is 9.68. The fraction of sp³-hybridized carbons (Fsp3) is 0.889. The van der Waals surface area contributed by atoms with Crippen molar-refractivity contribution in [2.24, 2.45) is 5.11 Å². The van der Waals surface area contributed by atoms with Gasteiger partial charge < -0.3 is 10.1 Å². The van der Waals surface area contributed by atoms with Crippen LogP contribution in [0.3, 0.4) is 0 Å². The Morgan fingerprint density at radius 1 is 1.69 bits per heavy atom. The molecule has 0 saturated heterocycles. The van der Waals surface area contributed by atoms with Crippen LogP contribution in [-0.2, 0) is 9.53 Å². The molecule has 0 bridgehead atoms. The summed E-state index contributed by atoms with van der Waals surface area (Å²) in [5.74, 6) is 0.668. The van der Waals surface area contributed by atoms with Crippen LogP contribution in [0.25, 0.3) is 10.4 Å². The largest absolute Gasteiger partial charge is 0.468 e. The maximum Gasteiger partial charge on any atom is 0.322 e. The number of carbonyl (C=O) groups excluding carboxylic acids is 1. The summed E-state index contributed by atoms with van der Waals surface area (Å²) >= 11 is 1.69. The molecule has 1 N–H and O–H groups in total. The number of azide groups is 1. The second-order valence-electron chi connectivity index (χ2n) is 3.12. The summed E-state index contributed by atoms with van der Waals surface area (Å²) < 4.78 is 4.69. The van der Waals surface area contributed by atoms with Crippen LogP contribution in [-0.4, -0.2) is 44.2 Å². The number of carbonyl (C=O) groups is 1. The fourth-order valence-electron chi connectivity index (χ4n) is 1.15. The Bertz CT molecular complexity index is 244. The van der Waals surface area contributed by atoms with Crippen molar-refractivity contribution in [2.45, 2.75) is 18.9 Å². The molecule has 0 aromatic carbocycles. The van der Waals surface area contributed by atoms with Crippen molar-refractivity contribution in [1.29, 1.82) is 0 Å². The van der Waals surface area contributed by atoms with Gasteiger partial charge >= 0.3 is 5.97 Å². The first kappa shape index (κ1) is 15.1. The first-order chi connectivity index (χ1) is 7.76. The van der Waals surface area contributed by atoms with Crippen LogP contribution in [0.2, 0.25) is 0 Å². The molecule has 1 atom stereocenters. The molecular formula is C9H18N4O2S. The number of nitrogens with one attached hydrogen (secondary N) is 1. The molecule has 0 fully saturated rings. The quantitative estimate of drug-likeness (QED) is 0.220. The molecular weight excluding hydrogens is 228 g/mol. The minimum absolute atomic E-state index is 0.238. The number of esters is 1. The van der Waals surface area contributed by atoms with Crippen molar-refractivity contribution in [3.63, 3.8) is 0 Å². The Balaban J connectivity index is 3.81. The lowest BCUT2D eigenvalue weighted by Crippen LogP contribution is -2.38. The topological polar surface area (TPSA) is 87.1 Å². The van der Waals surface area contributed by atoms with E-state index < -0.39 is 0 Å². The maximum atomic E-state index is 11.4. The van der Waals surface area contributed by atoms with Crippen molar-refractivity contribution >= 4 is 17.7 Å². The van der Waals surface area contributed by atoms with E-state index in [1.807, 2.05) is 6.26 Å². The molecule has 1 unspecified atom stereocenters. The molecule has 6 nitrogen and oxygen atoms in total. The summed E-state index contributed by atoms with van der Waals surface area (Å²) in [6, 6.07) is -0.261. The summed E-state index contributed by atoms with van der Waals surface area (Å²) in [7, 11) is 1.38. The van der Waals surface area contributed by atoms with Crippen molar-refractivity contribution in [1.82, 2.24) is 5.32 Å². The minimum Gasteiger partial charge on any atom is -0.468 e. The first-order valence-electron chi connectivity index (χ1n) is 5.07. The Labute approximate surface area is 99.7 Å². The number of methoxy groups -OCH3 is 1. The van der Waals surface area contributed by atoms with E-state index in [2.05, 4.69) is 15.3 Å². The lowest BCUT2D eigenvalue weighted by molar-refractivity contribution is -0.143. The number of nitrogens with zero attached hydrogens (tertiary/aromatic N) is 3. The number of hydrogen-bond donors (Lipinski definition) is 1. The fourth-order valence-corrected chi connectivity index (χ4v) is 1.62. The Morgan fingerprint density at radius 2 is 2.44 bits per heavy atom. The standard InChI is InChI=1S/C9H18N4O2S/c1-15-9(14)8(4-7-16-2)11-5-3-6-12-13-10/h8,11H,3-7H2,1-2H3. The van der Waals surface area contributed by atoms with E-state index in [-0.39, 0.29) is 12.0 Å². The van der Waals surface area contributed by atoms with E-state index >= 15 is 0 Å². The highest BCUT2D eigenvalue weighted by atomic mass is 32.2. The van der Waals surface area contributed by atoms with Crippen molar-refractivity contribution in [3.05, 3.63) is 10.4 Å². The van der Waals surface area contributed by atoms with Gasteiger partial charge in [-0.2, -0.15) is 11.8 Å². The lowest BCUT2D eigenvalue weighted by atomic mass is 10.2. The molecule has 16 heavy (non-hydrogen) atoms. The molecule has 7 heteroatoms. The van der Waals surface area contributed by atoms with Crippen molar-refractivity contribution < 1.29 is 9.53 Å². The average Bonchev–Trinajstić information content (AvgIpc) is 2.31. The van der Waals surface area contributed by atoms with Gasteiger partial charge in [0.25, 0.3) is 0 Å². The number of rotatable bonds is 9. The van der Waals surface area contributed by atoms with Gasteiger partial charge in [-0.1, -0.05) is 5.11 Å². The smallest absolute Gasteiger partial charge is 0.322 e. The SMILES string of the molecule is COC(=O)C(CCSC)NCCCN=[N+]=[N-]. The van der Waals surface area contributed by atoms with Crippen LogP contribution in [0, 0.1) is 0 Å². The molecule has 0 heterocycles. The predicted octanol–water partition coefficient (Wildman–Crippen LogP) is 1.57. The highest BCUT2D eigenvalue weighted by Crippen LogP contribution is 2.02. The van der Waals surface area contributed by atoms with Crippen molar-refractivity contribution in [3.8, 4) is 0 Å². The van der Waals surface area contributed by atoms with E-state index in [4.69, 9.17) is 10.3 Å². The lowest BCUT2D eigenvalue weighted by Gasteiger charge is -2.15. The highest BCUT2D eigenvalue weighted by molar-refractivity contribution is 7.98. The van der Waals surface area contributed by atoms with Crippen LogP contribution in [0.5, 0.6) is 0 Å². The van der Waals surface area contributed by atoms with Gasteiger partial charge in [0.15, 0.2) is 0 Å². The third-order valence-corrected chi connectivity index (χ3v) is 2.63. The zero-order valence-corrected chi connectivity index (χ0v) is 10.5. The third-order valence-electron chi connectivity index (χ3n) is 1.99. The second-order valence-corrected chi connectivity index (χ2v) is 4.10. The second kappa shape index (κ2) is 10.6. The number of hydrogen-bond acceptors (Lipinski definition) is 5. The zero-order chi connectivity index (χ0) is 12.2. The van der Waals surface area contributed by atoms with Gasteiger partial charge in [-0.3, -0.25) is 4.79 Å². The molecule has 0 aromatic heterocycles. The van der Waals surface area contributed by atoms with Crippen LogP contribution in [0.15, 0.2) is 5.11 Å². The van der Waals surface area contributed by atoms with E-state index in [0.717, 1.165) is 18.6 Å². The Kier molecular flexibility index (Phi) is 10.00. The molecule has 92 valence electrons. The monoisotopic (exact) mass is 246 g/mol.